The SMILES string of the molecule is C=CC#N.C=CC=CC=C.C=Cc1ccccc1. The van der Waals surface area contributed by atoms with E-state index in [2.05, 4.69) is 26.3 Å². The van der Waals surface area contributed by atoms with Crippen LogP contribution in [0.2, 0.25) is 0 Å². The summed E-state index contributed by atoms with van der Waals surface area (Å²) in [5.41, 5.74) is 1.17. The summed E-state index contributed by atoms with van der Waals surface area (Å²) in [5.74, 6) is 0. The predicted molar refractivity (Wildman–Crippen MR) is 81.9 cm³/mol. The van der Waals surface area contributed by atoms with E-state index in [0.29, 0.717) is 0 Å². The number of nitriles is 1. The molecule has 0 N–H and O–H groups in total. The minimum Gasteiger partial charge on any atom is -0.193 e. The molecule has 0 saturated carbocycles. The van der Waals surface area contributed by atoms with Gasteiger partial charge in [0.2, 0.25) is 0 Å². The number of allylic oxidation sites excluding steroid dienone is 5. The molecule has 0 atom stereocenters. The van der Waals surface area contributed by atoms with Crippen molar-refractivity contribution in [2.24, 2.45) is 0 Å². The van der Waals surface area contributed by atoms with Gasteiger partial charge in [0.25, 0.3) is 0 Å². The van der Waals surface area contributed by atoms with Gasteiger partial charge in [-0.3, -0.25) is 0 Å². The van der Waals surface area contributed by atoms with Crippen molar-refractivity contribution in [3.05, 3.63) is 92.6 Å². The van der Waals surface area contributed by atoms with Crippen molar-refractivity contribution in [1.82, 2.24) is 0 Å². The average molecular weight is 237 g/mol. The second-order valence-corrected chi connectivity index (χ2v) is 2.80. The first-order valence-corrected chi connectivity index (χ1v) is 5.34. The molecule has 0 aliphatic carbocycles. The summed E-state index contributed by atoms with van der Waals surface area (Å²) in [6.07, 6.45) is 10.1. The standard InChI is InChI=1S/C8H8.C6H8.C3H3N/c1-2-8-6-4-3-5-7-8;1-3-5-6-4-2;1-2-3-4/h2-7H,1H2;3-6H,1-2H2;2H,1H2. The fraction of sp³-hybridized carbons (Fsp3) is 0. The molecule has 1 nitrogen and oxygen atoms in total. The van der Waals surface area contributed by atoms with Crippen molar-refractivity contribution >= 4 is 6.08 Å². The summed E-state index contributed by atoms with van der Waals surface area (Å²) in [7, 11) is 0. The second-order valence-electron chi connectivity index (χ2n) is 2.80. The van der Waals surface area contributed by atoms with Crippen molar-refractivity contribution in [2.45, 2.75) is 0 Å². The monoisotopic (exact) mass is 237 g/mol. The summed E-state index contributed by atoms with van der Waals surface area (Å²) in [5, 5.41) is 7.51. The molecule has 1 rings (SSSR count). The Morgan fingerprint density at radius 2 is 1.33 bits per heavy atom. The molecule has 0 saturated heterocycles. The minimum absolute atomic E-state index is 1.17. The average Bonchev–Trinajstić information content (AvgIpc) is 2.47. The maximum atomic E-state index is 7.51. The molecule has 0 radical (unpaired) electrons. The molecule has 1 aromatic rings. The Kier molecular flexibility index (Phi) is 16.6. The van der Waals surface area contributed by atoms with Gasteiger partial charge in [-0.05, 0) is 5.56 Å². The summed E-state index contributed by atoms with van der Waals surface area (Å²) in [6.45, 7) is 13.7. The highest BCUT2D eigenvalue weighted by atomic mass is 14.2. The fourth-order valence-electron chi connectivity index (χ4n) is 0.746. The summed E-state index contributed by atoms with van der Waals surface area (Å²) in [6, 6.07) is 11.7. The lowest BCUT2D eigenvalue weighted by Gasteiger charge is -1.85. The third-order valence-electron chi connectivity index (χ3n) is 1.51. The lowest BCUT2D eigenvalue weighted by Crippen LogP contribution is -1.63. The zero-order chi connectivity index (χ0) is 14.1. The Hall–Kier alpha value is -2.59. The van der Waals surface area contributed by atoms with Crippen LogP contribution in [-0.4, -0.2) is 0 Å². The molecule has 0 aliphatic rings. The van der Waals surface area contributed by atoms with Crippen LogP contribution in [0.5, 0.6) is 0 Å². The van der Waals surface area contributed by atoms with Gasteiger partial charge in [0.05, 0.1) is 6.07 Å². The van der Waals surface area contributed by atoms with Crippen LogP contribution >= 0.6 is 0 Å². The van der Waals surface area contributed by atoms with E-state index in [4.69, 9.17) is 5.26 Å². The van der Waals surface area contributed by atoms with Crippen LogP contribution < -0.4 is 0 Å². The topological polar surface area (TPSA) is 23.8 Å². The van der Waals surface area contributed by atoms with E-state index in [1.54, 1.807) is 18.2 Å². The van der Waals surface area contributed by atoms with Gasteiger partial charge in [0.15, 0.2) is 0 Å². The quantitative estimate of drug-likeness (QED) is 0.539. The highest BCUT2D eigenvalue weighted by Gasteiger charge is 1.75. The molecule has 0 bridgehead atoms. The van der Waals surface area contributed by atoms with Crippen molar-refractivity contribution in [2.75, 3.05) is 0 Å². The van der Waals surface area contributed by atoms with Gasteiger partial charge in [-0.15, -0.1) is 0 Å². The number of nitrogens with zero attached hydrogens (tertiary/aromatic N) is 1. The van der Waals surface area contributed by atoms with Gasteiger partial charge in [0.1, 0.15) is 0 Å². The van der Waals surface area contributed by atoms with Crippen molar-refractivity contribution in [3.63, 3.8) is 0 Å². The first-order chi connectivity index (χ1) is 8.76. The molecular formula is C17H19N. The molecule has 18 heavy (non-hydrogen) atoms. The maximum Gasteiger partial charge on any atom is 0.0905 e. The Morgan fingerprint density at radius 1 is 0.889 bits per heavy atom. The minimum atomic E-state index is 1.17. The third-order valence-corrected chi connectivity index (χ3v) is 1.51. The van der Waals surface area contributed by atoms with E-state index in [1.807, 2.05) is 48.6 Å². The molecular weight excluding hydrogens is 218 g/mol. The Labute approximate surface area is 110 Å². The fourth-order valence-corrected chi connectivity index (χ4v) is 0.746. The third kappa shape index (κ3) is 15.9. The van der Waals surface area contributed by atoms with Crippen molar-refractivity contribution in [1.29, 1.82) is 5.26 Å². The number of rotatable bonds is 3. The molecule has 0 heterocycles. The van der Waals surface area contributed by atoms with Crippen LogP contribution in [0.15, 0.2) is 87.0 Å². The molecule has 0 aliphatic heterocycles. The van der Waals surface area contributed by atoms with Gasteiger partial charge in [-0.1, -0.05) is 87.0 Å². The zero-order valence-electron chi connectivity index (χ0n) is 10.6. The highest BCUT2D eigenvalue weighted by Crippen LogP contribution is 1.97. The normalized spacial score (nSPS) is 7.50. The lowest BCUT2D eigenvalue weighted by molar-refractivity contribution is 1.54. The first kappa shape index (κ1) is 17.8. The van der Waals surface area contributed by atoms with Crippen LogP contribution in [0.25, 0.3) is 6.08 Å². The predicted octanol–water partition coefficient (Wildman–Crippen LogP) is 4.94. The van der Waals surface area contributed by atoms with E-state index >= 15 is 0 Å². The largest absolute Gasteiger partial charge is 0.193 e. The zero-order valence-corrected chi connectivity index (χ0v) is 10.6. The van der Waals surface area contributed by atoms with E-state index in [-0.39, 0.29) is 0 Å². The Balaban J connectivity index is 0. The van der Waals surface area contributed by atoms with E-state index in [1.165, 1.54) is 11.6 Å². The van der Waals surface area contributed by atoms with Crippen molar-refractivity contribution < 1.29 is 0 Å². The molecule has 0 amide bonds. The maximum absolute atomic E-state index is 7.51. The number of hydrogen-bond donors (Lipinski definition) is 0. The van der Waals surface area contributed by atoms with Crippen molar-refractivity contribution in [3.8, 4) is 6.07 Å². The van der Waals surface area contributed by atoms with E-state index in [0.717, 1.165) is 0 Å². The van der Waals surface area contributed by atoms with Gasteiger partial charge in [-0.25, -0.2) is 0 Å². The van der Waals surface area contributed by atoms with E-state index < -0.39 is 0 Å². The van der Waals surface area contributed by atoms with Crippen LogP contribution in [0.3, 0.4) is 0 Å². The second kappa shape index (κ2) is 16.8. The van der Waals surface area contributed by atoms with Crippen LogP contribution in [0, 0.1) is 11.3 Å². The molecule has 1 aromatic carbocycles. The van der Waals surface area contributed by atoms with Gasteiger partial charge in [-0.2, -0.15) is 5.26 Å². The summed E-state index contributed by atoms with van der Waals surface area (Å²) >= 11 is 0. The van der Waals surface area contributed by atoms with E-state index in [9.17, 15) is 0 Å². The molecule has 0 unspecified atom stereocenters. The Bertz CT molecular complexity index is 395. The molecule has 0 spiro atoms. The number of benzene rings is 1. The molecule has 1 heteroatoms. The smallest absolute Gasteiger partial charge is 0.0905 e. The number of hydrogen-bond acceptors (Lipinski definition) is 1. The van der Waals surface area contributed by atoms with Gasteiger partial charge < -0.3 is 0 Å². The summed E-state index contributed by atoms with van der Waals surface area (Å²) < 4.78 is 0. The summed E-state index contributed by atoms with van der Waals surface area (Å²) in [4.78, 5) is 0. The van der Waals surface area contributed by atoms with Crippen LogP contribution in [0.4, 0.5) is 0 Å². The van der Waals surface area contributed by atoms with Crippen LogP contribution in [-0.2, 0) is 0 Å². The lowest BCUT2D eigenvalue weighted by atomic mass is 10.2. The molecule has 0 aromatic heterocycles. The molecule has 0 fully saturated rings. The first-order valence-electron chi connectivity index (χ1n) is 5.34. The Morgan fingerprint density at radius 3 is 1.56 bits per heavy atom. The van der Waals surface area contributed by atoms with Gasteiger partial charge in [0, 0.05) is 6.08 Å². The van der Waals surface area contributed by atoms with Gasteiger partial charge >= 0.3 is 0 Å². The highest BCUT2D eigenvalue weighted by molar-refractivity contribution is 5.45. The van der Waals surface area contributed by atoms with Crippen LogP contribution in [0.1, 0.15) is 5.56 Å². The molecule has 92 valence electrons.